The largest absolute Gasteiger partial charge is 0.357 e. The van der Waals surface area contributed by atoms with E-state index in [4.69, 9.17) is 0 Å². The highest BCUT2D eigenvalue weighted by Gasteiger charge is 2.18. The van der Waals surface area contributed by atoms with Gasteiger partial charge in [0.25, 0.3) is 0 Å². The monoisotopic (exact) mass is 468 g/mol. The van der Waals surface area contributed by atoms with Gasteiger partial charge in [-0.15, -0.1) is 0 Å². The van der Waals surface area contributed by atoms with Gasteiger partial charge in [-0.25, -0.2) is 0 Å². The van der Waals surface area contributed by atoms with Gasteiger partial charge in [0.1, 0.15) is 0 Å². The summed E-state index contributed by atoms with van der Waals surface area (Å²) in [5.74, 6) is 0. The molecule has 3 aromatic rings. The Morgan fingerprint density at radius 1 is 0.933 bits per heavy atom. The van der Waals surface area contributed by atoms with E-state index in [9.17, 15) is 0 Å². The molecule has 1 N–H and O–H groups in total. The molecule has 4 nitrogen and oxygen atoms in total. The molecule has 4 rings (SSSR count). The van der Waals surface area contributed by atoms with Gasteiger partial charge in [0.05, 0.1) is 0 Å². The molecule has 5 heteroatoms. The number of para-hydroxylation sites is 1. The van der Waals surface area contributed by atoms with Gasteiger partial charge in [0.2, 0.25) is 0 Å². The number of halogens is 1. The lowest BCUT2D eigenvalue weighted by Gasteiger charge is -2.35. The van der Waals surface area contributed by atoms with Crippen LogP contribution in [0.2, 0.25) is 0 Å². The second-order valence-electron chi connectivity index (χ2n) is 8.40. The summed E-state index contributed by atoms with van der Waals surface area (Å²) in [6, 6.07) is 19.6. The minimum absolute atomic E-state index is 1.02. The zero-order chi connectivity index (χ0) is 20.8. The molecule has 1 aromatic heterocycles. The lowest BCUT2D eigenvalue weighted by molar-refractivity contribution is 0.112. The van der Waals surface area contributed by atoms with E-state index < -0.39 is 0 Å². The molecule has 0 atom stereocenters. The molecule has 0 saturated carbocycles. The highest BCUT2D eigenvalue weighted by molar-refractivity contribution is 9.10. The van der Waals surface area contributed by atoms with Crippen LogP contribution >= 0.6 is 15.9 Å². The Bertz CT molecular complexity index is 879. The van der Waals surface area contributed by atoms with Gasteiger partial charge in [0, 0.05) is 68.0 Å². The van der Waals surface area contributed by atoms with Crippen LogP contribution in [0.5, 0.6) is 0 Å². The fourth-order valence-electron chi connectivity index (χ4n) is 4.35. The summed E-state index contributed by atoms with van der Waals surface area (Å²) in [4.78, 5) is 11.4. The molecular weight excluding hydrogens is 436 g/mol. The number of piperazine rings is 1. The van der Waals surface area contributed by atoms with Gasteiger partial charge in [-0.3, -0.25) is 14.7 Å². The third kappa shape index (κ3) is 5.94. The van der Waals surface area contributed by atoms with E-state index in [1.54, 1.807) is 0 Å². The van der Waals surface area contributed by atoms with E-state index in [1.165, 1.54) is 41.7 Å². The average molecular weight is 469 g/mol. The molecule has 160 valence electrons. The zero-order valence-corrected chi connectivity index (χ0v) is 19.6. The predicted molar refractivity (Wildman–Crippen MR) is 130 cm³/mol. The quantitative estimate of drug-likeness (QED) is 0.480. The summed E-state index contributed by atoms with van der Waals surface area (Å²) >= 11 is 3.53. The number of aromatic nitrogens is 1. The first-order valence-corrected chi connectivity index (χ1v) is 12.0. The average Bonchev–Trinajstić information content (AvgIpc) is 3.17. The molecule has 0 bridgehead atoms. The van der Waals surface area contributed by atoms with E-state index in [2.05, 4.69) is 97.1 Å². The van der Waals surface area contributed by atoms with Gasteiger partial charge in [-0.05, 0) is 48.2 Å². The second-order valence-corrected chi connectivity index (χ2v) is 9.32. The molecule has 1 saturated heterocycles. The number of hydrogen-bond donors (Lipinski definition) is 1. The van der Waals surface area contributed by atoms with Crippen molar-refractivity contribution in [2.75, 3.05) is 45.8 Å². The summed E-state index contributed by atoms with van der Waals surface area (Å²) < 4.78 is 1.15. The van der Waals surface area contributed by atoms with E-state index in [0.29, 0.717) is 0 Å². The zero-order valence-electron chi connectivity index (χ0n) is 18.0. The van der Waals surface area contributed by atoms with Crippen LogP contribution in [-0.4, -0.2) is 65.5 Å². The van der Waals surface area contributed by atoms with Gasteiger partial charge in [-0.1, -0.05) is 53.2 Å². The molecule has 0 aliphatic carbocycles. The summed E-state index contributed by atoms with van der Waals surface area (Å²) in [7, 11) is 0. The maximum Gasteiger partial charge on any atom is 0.0456 e. The number of rotatable bonds is 9. The minimum atomic E-state index is 1.02. The van der Waals surface area contributed by atoms with E-state index in [1.807, 2.05) is 0 Å². The van der Waals surface area contributed by atoms with Crippen LogP contribution in [0.3, 0.4) is 0 Å². The smallest absolute Gasteiger partial charge is 0.0456 e. The number of aromatic amines is 1. The number of nitrogens with zero attached hydrogens (tertiary/aromatic N) is 3. The first-order valence-electron chi connectivity index (χ1n) is 11.2. The lowest BCUT2D eigenvalue weighted by atomic mass is 10.2. The topological polar surface area (TPSA) is 25.5 Å². The van der Waals surface area contributed by atoms with Crippen molar-refractivity contribution in [2.45, 2.75) is 26.4 Å². The predicted octanol–water partition coefficient (Wildman–Crippen LogP) is 4.96. The van der Waals surface area contributed by atoms with E-state index in [-0.39, 0.29) is 0 Å². The van der Waals surface area contributed by atoms with Crippen molar-refractivity contribution in [3.8, 4) is 0 Å². The molecular formula is C25H33BrN4. The van der Waals surface area contributed by atoms with Gasteiger partial charge in [0.15, 0.2) is 0 Å². The van der Waals surface area contributed by atoms with Crippen LogP contribution in [0.1, 0.15) is 24.6 Å². The number of fused-ring (bicyclic) bond motifs is 1. The standard InChI is InChI=1S/C25H33BrN4/c1-2-11-29(19-21-7-9-23(26)10-8-21)15-12-28-13-16-30(17-14-28)20-24-18-22-5-3-4-6-25(22)27-24/h3-10,18,27H,2,11-17,19-20H2,1H3. The maximum atomic E-state index is 3.57. The molecule has 0 spiro atoms. The molecule has 2 heterocycles. The van der Waals surface area contributed by atoms with Crippen LogP contribution in [0.25, 0.3) is 10.9 Å². The van der Waals surface area contributed by atoms with E-state index >= 15 is 0 Å². The minimum Gasteiger partial charge on any atom is -0.357 e. The van der Waals surface area contributed by atoms with Crippen molar-refractivity contribution in [1.82, 2.24) is 19.7 Å². The summed E-state index contributed by atoms with van der Waals surface area (Å²) in [5, 5.41) is 1.31. The Morgan fingerprint density at radius 2 is 1.67 bits per heavy atom. The molecule has 0 amide bonds. The van der Waals surface area contributed by atoms with Gasteiger partial charge < -0.3 is 4.98 Å². The summed E-state index contributed by atoms with van der Waals surface area (Å²) in [5.41, 5.74) is 3.97. The second kappa shape index (κ2) is 10.6. The number of benzene rings is 2. The van der Waals surface area contributed by atoms with Crippen LogP contribution in [0, 0.1) is 0 Å². The highest BCUT2D eigenvalue weighted by Crippen LogP contribution is 2.17. The Morgan fingerprint density at radius 3 is 2.40 bits per heavy atom. The third-order valence-electron chi connectivity index (χ3n) is 6.04. The molecule has 1 aliphatic heterocycles. The summed E-state index contributed by atoms with van der Waals surface area (Å²) in [6.07, 6.45) is 1.20. The lowest BCUT2D eigenvalue weighted by Crippen LogP contribution is -2.48. The van der Waals surface area contributed by atoms with Gasteiger partial charge in [-0.2, -0.15) is 0 Å². The fourth-order valence-corrected chi connectivity index (χ4v) is 4.61. The normalized spacial score (nSPS) is 16.0. The van der Waals surface area contributed by atoms with Crippen LogP contribution in [-0.2, 0) is 13.1 Å². The molecule has 0 radical (unpaired) electrons. The Hall–Kier alpha value is -1.66. The van der Waals surface area contributed by atoms with Crippen molar-refractivity contribution in [2.24, 2.45) is 0 Å². The number of hydrogen-bond acceptors (Lipinski definition) is 3. The summed E-state index contributed by atoms with van der Waals surface area (Å²) in [6.45, 7) is 12.4. The van der Waals surface area contributed by atoms with Crippen LogP contribution < -0.4 is 0 Å². The van der Waals surface area contributed by atoms with Crippen molar-refractivity contribution < 1.29 is 0 Å². The first-order chi connectivity index (χ1) is 14.7. The molecule has 1 aliphatic rings. The van der Waals surface area contributed by atoms with Crippen molar-refractivity contribution in [1.29, 1.82) is 0 Å². The van der Waals surface area contributed by atoms with E-state index in [0.717, 1.165) is 50.3 Å². The Balaban J connectivity index is 1.22. The molecule has 2 aromatic carbocycles. The highest BCUT2D eigenvalue weighted by atomic mass is 79.9. The Kier molecular flexibility index (Phi) is 7.61. The first kappa shape index (κ1) is 21.6. The van der Waals surface area contributed by atoms with Crippen LogP contribution in [0.4, 0.5) is 0 Å². The fraction of sp³-hybridized carbons (Fsp3) is 0.440. The van der Waals surface area contributed by atoms with Crippen molar-refractivity contribution in [3.05, 3.63) is 70.3 Å². The third-order valence-corrected chi connectivity index (χ3v) is 6.57. The maximum absolute atomic E-state index is 3.57. The molecule has 0 unspecified atom stereocenters. The van der Waals surface area contributed by atoms with Crippen LogP contribution in [0.15, 0.2) is 59.1 Å². The molecule has 30 heavy (non-hydrogen) atoms. The SMILES string of the molecule is CCCN(CCN1CCN(Cc2cc3ccccc3[nH]2)CC1)Cc1ccc(Br)cc1. The molecule has 1 fully saturated rings. The Labute approximate surface area is 189 Å². The van der Waals surface area contributed by atoms with Crippen molar-refractivity contribution >= 4 is 26.8 Å². The number of nitrogens with one attached hydrogen (secondary N) is 1. The number of H-pyrrole nitrogens is 1. The van der Waals surface area contributed by atoms with Gasteiger partial charge >= 0.3 is 0 Å². The van der Waals surface area contributed by atoms with Crippen molar-refractivity contribution in [3.63, 3.8) is 0 Å².